The van der Waals surface area contributed by atoms with E-state index in [-0.39, 0.29) is 23.7 Å². The van der Waals surface area contributed by atoms with Crippen LogP contribution in [0.2, 0.25) is 0 Å². The normalized spacial score (nSPS) is 48.5. The van der Waals surface area contributed by atoms with E-state index in [1.807, 2.05) is 0 Å². The molecule has 1 saturated heterocycles. The number of halogens is 2. The van der Waals surface area contributed by atoms with Gasteiger partial charge >= 0.3 is 5.97 Å². The number of hydrogen-bond acceptors (Lipinski definition) is 2. The maximum Gasteiger partial charge on any atom is 0.310 e. The third-order valence-corrected chi connectivity index (χ3v) is 6.47. The number of alkyl halides is 2. The van der Waals surface area contributed by atoms with Gasteiger partial charge in [-0.05, 0) is 31.1 Å². The van der Waals surface area contributed by atoms with Crippen LogP contribution in [0.4, 0.5) is 8.78 Å². The number of hydrogen-bond donors (Lipinski definition) is 0. The van der Waals surface area contributed by atoms with Crippen LogP contribution in [0.3, 0.4) is 0 Å². The Labute approximate surface area is 121 Å². The predicted octanol–water partition coefficient (Wildman–Crippen LogP) is 3.37. The van der Waals surface area contributed by atoms with Crippen molar-refractivity contribution in [1.29, 1.82) is 0 Å². The van der Waals surface area contributed by atoms with Crippen molar-refractivity contribution in [3.05, 3.63) is 35.9 Å². The first-order chi connectivity index (χ1) is 10.1. The quantitative estimate of drug-likeness (QED) is 0.741. The molecule has 21 heavy (non-hydrogen) atoms. The Morgan fingerprint density at radius 2 is 1.90 bits per heavy atom. The summed E-state index contributed by atoms with van der Waals surface area (Å²) in [5.41, 5.74) is -1.23. The Morgan fingerprint density at radius 1 is 1.14 bits per heavy atom. The maximum atomic E-state index is 15.3. The van der Waals surface area contributed by atoms with Crippen molar-refractivity contribution in [2.75, 3.05) is 0 Å². The van der Waals surface area contributed by atoms with E-state index in [4.69, 9.17) is 4.74 Å². The molecule has 0 N–H and O–H groups in total. The van der Waals surface area contributed by atoms with E-state index >= 15 is 8.78 Å². The highest BCUT2D eigenvalue weighted by Gasteiger charge is 2.83. The van der Waals surface area contributed by atoms with Crippen molar-refractivity contribution < 1.29 is 18.3 Å². The summed E-state index contributed by atoms with van der Waals surface area (Å²) in [7, 11) is 0. The summed E-state index contributed by atoms with van der Waals surface area (Å²) in [6.45, 7) is 0. The van der Waals surface area contributed by atoms with Gasteiger partial charge in [0.2, 0.25) is 5.60 Å². The first-order valence-corrected chi connectivity index (χ1v) is 7.73. The number of carbonyl (C=O) groups is 1. The van der Waals surface area contributed by atoms with Crippen molar-refractivity contribution >= 4 is 5.97 Å². The van der Waals surface area contributed by atoms with Crippen molar-refractivity contribution in [3.8, 4) is 0 Å². The van der Waals surface area contributed by atoms with Crippen molar-refractivity contribution in [2.45, 2.75) is 30.8 Å². The van der Waals surface area contributed by atoms with Gasteiger partial charge in [0, 0.05) is 17.4 Å². The van der Waals surface area contributed by atoms with Gasteiger partial charge in [-0.1, -0.05) is 30.3 Å². The molecule has 0 spiro atoms. The lowest BCUT2D eigenvalue weighted by Crippen LogP contribution is -2.47. The molecule has 1 aromatic carbocycles. The fourth-order valence-electron chi connectivity index (χ4n) is 5.84. The zero-order chi connectivity index (χ0) is 14.4. The summed E-state index contributed by atoms with van der Waals surface area (Å²) in [4.78, 5) is 12.3. The van der Waals surface area contributed by atoms with Crippen LogP contribution in [-0.2, 0) is 15.1 Å². The number of ether oxygens (including phenoxy) is 1. The van der Waals surface area contributed by atoms with Gasteiger partial charge in [0.1, 0.15) is 0 Å². The third kappa shape index (κ3) is 1.11. The topological polar surface area (TPSA) is 26.3 Å². The molecule has 2 nitrogen and oxygen atoms in total. The van der Waals surface area contributed by atoms with Gasteiger partial charge < -0.3 is 4.74 Å². The summed E-state index contributed by atoms with van der Waals surface area (Å²) >= 11 is 0. The lowest BCUT2D eigenvalue weighted by atomic mass is 9.57. The van der Waals surface area contributed by atoms with Crippen LogP contribution in [0.1, 0.15) is 24.8 Å². The molecule has 0 radical (unpaired) electrons. The second-order valence-corrected chi connectivity index (χ2v) is 7.04. The molecule has 4 heteroatoms. The molecule has 1 heterocycles. The monoisotopic (exact) mass is 290 g/mol. The van der Waals surface area contributed by atoms with Crippen LogP contribution in [0.25, 0.3) is 0 Å². The Kier molecular flexibility index (Phi) is 2.01. The zero-order valence-electron chi connectivity index (χ0n) is 11.5. The molecule has 110 valence electrons. The highest BCUT2D eigenvalue weighted by atomic mass is 19.3. The molecular formula is C17H16F2O2. The number of esters is 1. The maximum absolute atomic E-state index is 15.3. The van der Waals surface area contributed by atoms with E-state index in [0.717, 1.165) is 12.8 Å². The highest BCUT2D eigenvalue weighted by Crippen LogP contribution is 2.75. The van der Waals surface area contributed by atoms with E-state index in [0.29, 0.717) is 12.0 Å². The second-order valence-electron chi connectivity index (χ2n) is 7.04. The van der Waals surface area contributed by atoms with Crippen molar-refractivity contribution in [3.63, 3.8) is 0 Å². The van der Waals surface area contributed by atoms with Crippen LogP contribution in [0.5, 0.6) is 0 Å². The van der Waals surface area contributed by atoms with Crippen LogP contribution in [0.15, 0.2) is 30.3 Å². The SMILES string of the molecule is O=C1O[C@@]2(c3ccccc3)C3C4CCC(CC4C2(F)F)C13. The average Bonchev–Trinajstić information content (AvgIpc) is 2.92. The molecule has 1 aromatic rings. The van der Waals surface area contributed by atoms with E-state index in [1.165, 1.54) is 0 Å². The number of carbonyl (C=O) groups excluding carboxylic acids is 1. The smallest absolute Gasteiger partial charge is 0.310 e. The molecular weight excluding hydrogens is 274 g/mol. The molecule has 5 aliphatic rings. The third-order valence-electron chi connectivity index (χ3n) is 6.47. The van der Waals surface area contributed by atoms with E-state index in [9.17, 15) is 4.79 Å². The van der Waals surface area contributed by atoms with Crippen LogP contribution < -0.4 is 0 Å². The first-order valence-electron chi connectivity index (χ1n) is 7.73. The van der Waals surface area contributed by atoms with E-state index in [2.05, 4.69) is 0 Å². The van der Waals surface area contributed by atoms with E-state index < -0.39 is 23.4 Å². The molecule has 4 aliphatic carbocycles. The van der Waals surface area contributed by atoms with Crippen LogP contribution in [0, 0.1) is 29.6 Å². The lowest BCUT2D eigenvalue weighted by molar-refractivity contribution is -0.212. The first kappa shape index (κ1) is 12.1. The molecule has 6 rings (SSSR count). The van der Waals surface area contributed by atoms with Crippen molar-refractivity contribution in [2.24, 2.45) is 29.6 Å². The highest BCUT2D eigenvalue weighted by molar-refractivity contribution is 5.78. The van der Waals surface area contributed by atoms with Gasteiger partial charge in [0.15, 0.2) is 0 Å². The standard InChI is InChI=1S/C17H16F2O2/c18-17(19)12-8-9-6-7-11(12)14-13(9)15(20)21-16(14,17)10-4-2-1-3-5-10/h1-5,9,11-14H,6-8H2/t9?,11?,12?,13?,14?,16-/m0/s1. The Morgan fingerprint density at radius 3 is 2.67 bits per heavy atom. The Hall–Kier alpha value is -1.45. The fraction of sp³-hybridized carbons (Fsp3) is 0.588. The van der Waals surface area contributed by atoms with E-state index in [1.54, 1.807) is 30.3 Å². The lowest BCUT2D eigenvalue weighted by Gasteiger charge is -2.44. The summed E-state index contributed by atoms with van der Waals surface area (Å²) in [5, 5.41) is 0. The Balaban J connectivity index is 1.79. The van der Waals surface area contributed by atoms with Gasteiger partial charge in [0.25, 0.3) is 5.92 Å². The van der Waals surface area contributed by atoms with Crippen molar-refractivity contribution in [1.82, 2.24) is 0 Å². The molecule has 5 fully saturated rings. The summed E-state index contributed by atoms with van der Waals surface area (Å²) in [5.74, 6) is -4.59. The number of benzene rings is 1. The predicted molar refractivity (Wildman–Crippen MR) is 70.5 cm³/mol. The van der Waals surface area contributed by atoms with Gasteiger partial charge in [0.05, 0.1) is 5.92 Å². The zero-order valence-corrected chi connectivity index (χ0v) is 11.5. The summed E-state index contributed by atoms with van der Waals surface area (Å²) in [6.07, 6.45) is 2.21. The largest absolute Gasteiger partial charge is 0.447 e. The molecule has 4 bridgehead atoms. The van der Waals surface area contributed by atoms with Gasteiger partial charge in [-0.25, -0.2) is 8.78 Å². The Bertz CT molecular complexity index is 629. The molecule has 0 aromatic heterocycles. The number of rotatable bonds is 1. The molecule has 1 aliphatic heterocycles. The van der Waals surface area contributed by atoms with Gasteiger partial charge in [-0.3, -0.25) is 4.79 Å². The minimum Gasteiger partial charge on any atom is -0.447 e. The molecule has 5 unspecified atom stereocenters. The average molecular weight is 290 g/mol. The molecule has 4 saturated carbocycles. The molecule has 0 amide bonds. The molecule has 6 atom stereocenters. The minimum atomic E-state index is -2.96. The summed E-state index contributed by atoms with van der Waals surface area (Å²) in [6, 6.07) is 8.69. The minimum absolute atomic E-state index is 0.0679. The summed E-state index contributed by atoms with van der Waals surface area (Å²) < 4.78 is 36.1. The van der Waals surface area contributed by atoms with Gasteiger partial charge in [-0.15, -0.1) is 0 Å². The second kappa shape index (κ2) is 3.47. The van der Waals surface area contributed by atoms with Crippen LogP contribution >= 0.6 is 0 Å². The fourth-order valence-corrected chi connectivity index (χ4v) is 5.84. The van der Waals surface area contributed by atoms with Gasteiger partial charge in [-0.2, -0.15) is 0 Å². The van der Waals surface area contributed by atoms with Crippen LogP contribution in [-0.4, -0.2) is 11.9 Å². The number of fused-ring (bicyclic) bond motifs is 1.